The van der Waals surface area contributed by atoms with Gasteiger partial charge in [0.25, 0.3) is 0 Å². The van der Waals surface area contributed by atoms with E-state index < -0.39 is 0 Å². The first-order valence-corrected chi connectivity index (χ1v) is 7.24. The maximum atomic E-state index is 6.05. The van der Waals surface area contributed by atoms with E-state index in [0.29, 0.717) is 5.92 Å². The first kappa shape index (κ1) is 15.2. The Kier molecular flexibility index (Phi) is 5.40. The van der Waals surface area contributed by atoms with Crippen molar-refractivity contribution in [2.24, 2.45) is 5.73 Å². The van der Waals surface area contributed by atoms with Crippen molar-refractivity contribution in [3.05, 3.63) is 34.9 Å². The average Bonchev–Trinajstić information content (AvgIpc) is 2.26. The number of nitrogens with two attached hydrogens (primary N) is 1. The first-order chi connectivity index (χ1) is 8.35. The van der Waals surface area contributed by atoms with Crippen LogP contribution in [0.1, 0.15) is 70.1 Å². The third kappa shape index (κ3) is 4.45. The lowest BCUT2D eigenvalue weighted by molar-refractivity contribution is 0.459. The Morgan fingerprint density at radius 1 is 1.22 bits per heavy atom. The van der Waals surface area contributed by atoms with E-state index in [4.69, 9.17) is 5.73 Å². The van der Waals surface area contributed by atoms with Gasteiger partial charge in [0.05, 0.1) is 0 Å². The highest BCUT2D eigenvalue weighted by molar-refractivity contribution is 5.37. The van der Waals surface area contributed by atoms with E-state index in [-0.39, 0.29) is 5.54 Å². The Bertz CT molecular complexity index is 372. The van der Waals surface area contributed by atoms with Crippen molar-refractivity contribution in [3.8, 4) is 0 Å². The average molecular weight is 247 g/mol. The molecule has 0 saturated heterocycles. The minimum Gasteiger partial charge on any atom is -0.326 e. The van der Waals surface area contributed by atoms with Crippen LogP contribution in [-0.4, -0.2) is 5.54 Å². The van der Waals surface area contributed by atoms with Crippen molar-refractivity contribution in [1.82, 2.24) is 0 Å². The molecule has 0 aliphatic heterocycles. The number of hydrogen-bond donors (Lipinski definition) is 1. The second-order valence-electron chi connectivity index (χ2n) is 6.34. The second-order valence-corrected chi connectivity index (χ2v) is 6.34. The fraction of sp³-hybridized carbons (Fsp3) is 0.647. The van der Waals surface area contributed by atoms with Gasteiger partial charge in [0.2, 0.25) is 0 Å². The van der Waals surface area contributed by atoms with Crippen LogP contribution in [0.5, 0.6) is 0 Å². The molecule has 0 unspecified atom stereocenters. The van der Waals surface area contributed by atoms with Crippen LogP contribution in [0.3, 0.4) is 0 Å². The molecule has 1 rings (SSSR count). The van der Waals surface area contributed by atoms with Gasteiger partial charge in [-0.05, 0) is 62.1 Å². The molecule has 0 amide bonds. The minimum atomic E-state index is -0.0396. The van der Waals surface area contributed by atoms with Crippen molar-refractivity contribution in [1.29, 1.82) is 0 Å². The summed E-state index contributed by atoms with van der Waals surface area (Å²) >= 11 is 0. The molecule has 0 bridgehead atoms. The van der Waals surface area contributed by atoms with Crippen molar-refractivity contribution < 1.29 is 0 Å². The quantitative estimate of drug-likeness (QED) is 0.790. The third-order valence-corrected chi connectivity index (χ3v) is 3.55. The minimum absolute atomic E-state index is 0.0396. The highest BCUT2D eigenvalue weighted by Crippen LogP contribution is 2.25. The molecule has 0 aliphatic rings. The summed E-state index contributed by atoms with van der Waals surface area (Å²) in [7, 11) is 0. The van der Waals surface area contributed by atoms with Gasteiger partial charge in [-0.25, -0.2) is 0 Å². The van der Waals surface area contributed by atoms with E-state index in [2.05, 4.69) is 52.8 Å². The standard InChI is InChI=1S/C17H29N/c1-6-15-14(10-8-12-17(4,5)18)9-7-11-16(15)13(2)3/h7,9,11,13H,6,8,10,12,18H2,1-5H3. The maximum absolute atomic E-state index is 6.05. The number of benzene rings is 1. The van der Waals surface area contributed by atoms with E-state index in [0.717, 1.165) is 19.3 Å². The van der Waals surface area contributed by atoms with Gasteiger partial charge in [-0.3, -0.25) is 0 Å². The summed E-state index contributed by atoms with van der Waals surface area (Å²) in [6, 6.07) is 6.77. The van der Waals surface area contributed by atoms with Crippen LogP contribution >= 0.6 is 0 Å². The Hall–Kier alpha value is -0.820. The Balaban J connectivity index is 2.79. The second kappa shape index (κ2) is 6.38. The van der Waals surface area contributed by atoms with Gasteiger partial charge >= 0.3 is 0 Å². The molecule has 1 aromatic carbocycles. The topological polar surface area (TPSA) is 26.0 Å². The zero-order valence-electron chi connectivity index (χ0n) is 12.7. The van der Waals surface area contributed by atoms with E-state index in [1.54, 1.807) is 5.56 Å². The number of rotatable bonds is 6. The van der Waals surface area contributed by atoms with Crippen LogP contribution in [-0.2, 0) is 12.8 Å². The fourth-order valence-electron chi connectivity index (χ4n) is 2.60. The predicted octanol–water partition coefficient (Wildman–Crippen LogP) is 4.43. The molecule has 1 aromatic rings. The summed E-state index contributed by atoms with van der Waals surface area (Å²) in [4.78, 5) is 0. The van der Waals surface area contributed by atoms with Gasteiger partial charge in [-0.2, -0.15) is 0 Å². The van der Waals surface area contributed by atoms with Gasteiger partial charge in [0.15, 0.2) is 0 Å². The summed E-state index contributed by atoms with van der Waals surface area (Å²) < 4.78 is 0. The molecule has 102 valence electrons. The van der Waals surface area contributed by atoms with Crippen LogP contribution < -0.4 is 5.73 Å². The Labute approximate surface area is 113 Å². The molecule has 0 atom stereocenters. The SMILES string of the molecule is CCc1c(CCCC(C)(C)N)cccc1C(C)C. The molecule has 0 spiro atoms. The molecule has 18 heavy (non-hydrogen) atoms. The number of aryl methyl sites for hydroxylation is 1. The lowest BCUT2D eigenvalue weighted by Crippen LogP contribution is -2.31. The van der Waals surface area contributed by atoms with Crippen LogP contribution in [0, 0.1) is 0 Å². The lowest BCUT2D eigenvalue weighted by Gasteiger charge is -2.20. The van der Waals surface area contributed by atoms with E-state index in [9.17, 15) is 0 Å². The smallest absolute Gasteiger partial charge is 0.00971 e. The maximum Gasteiger partial charge on any atom is 0.00971 e. The summed E-state index contributed by atoms with van der Waals surface area (Å²) in [6.07, 6.45) is 4.56. The summed E-state index contributed by atoms with van der Waals surface area (Å²) in [5.41, 5.74) is 10.6. The normalized spacial score (nSPS) is 12.2. The fourth-order valence-corrected chi connectivity index (χ4v) is 2.60. The van der Waals surface area contributed by atoms with Gasteiger partial charge in [-0.15, -0.1) is 0 Å². The molecule has 0 fully saturated rings. The molecule has 0 heterocycles. The molecule has 1 nitrogen and oxygen atoms in total. The molecule has 0 saturated carbocycles. The molecular weight excluding hydrogens is 218 g/mol. The van der Waals surface area contributed by atoms with Crippen molar-refractivity contribution in [2.45, 2.75) is 71.8 Å². The van der Waals surface area contributed by atoms with Crippen molar-refractivity contribution in [2.75, 3.05) is 0 Å². The number of hydrogen-bond acceptors (Lipinski definition) is 1. The molecular formula is C17H29N. The van der Waals surface area contributed by atoms with Crippen LogP contribution in [0.4, 0.5) is 0 Å². The largest absolute Gasteiger partial charge is 0.326 e. The molecule has 0 radical (unpaired) electrons. The van der Waals surface area contributed by atoms with E-state index in [1.165, 1.54) is 17.5 Å². The predicted molar refractivity (Wildman–Crippen MR) is 81.1 cm³/mol. The van der Waals surface area contributed by atoms with Gasteiger partial charge in [-0.1, -0.05) is 39.0 Å². The van der Waals surface area contributed by atoms with Gasteiger partial charge in [0, 0.05) is 5.54 Å². The van der Waals surface area contributed by atoms with Gasteiger partial charge < -0.3 is 5.73 Å². The Morgan fingerprint density at radius 3 is 2.39 bits per heavy atom. The van der Waals surface area contributed by atoms with E-state index in [1.807, 2.05) is 0 Å². The summed E-state index contributed by atoms with van der Waals surface area (Å²) in [5.74, 6) is 0.617. The molecule has 1 heteroatoms. The summed E-state index contributed by atoms with van der Waals surface area (Å²) in [6.45, 7) is 11.0. The first-order valence-electron chi connectivity index (χ1n) is 7.24. The van der Waals surface area contributed by atoms with E-state index >= 15 is 0 Å². The monoisotopic (exact) mass is 247 g/mol. The van der Waals surface area contributed by atoms with Crippen molar-refractivity contribution in [3.63, 3.8) is 0 Å². The highest BCUT2D eigenvalue weighted by Gasteiger charge is 2.12. The van der Waals surface area contributed by atoms with Crippen LogP contribution in [0.25, 0.3) is 0 Å². The van der Waals surface area contributed by atoms with Crippen LogP contribution in [0.2, 0.25) is 0 Å². The lowest BCUT2D eigenvalue weighted by atomic mass is 9.88. The molecule has 0 aliphatic carbocycles. The Morgan fingerprint density at radius 2 is 1.89 bits per heavy atom. The zero-order chi connectivity index (χ0) is 13.8. The van der Waals surface area contributed by atoms with Crippen LogP contribution in [0.15, 0.2) is 18.2 Å². The zero-order valence-corrected chi connectivity index (χ0v) is 12.7. The molecule has 2 N–H and O–H groups in total. The van der Waals surface area contributed by atoms with Crippen molar-refractivity contribution >= 4 is 0 Å². The third-order valence-electron chi connectivity index (χ3n) is 3.55. The highest BCUT2D eigenvalue weighted by atomic mass is 14.7. The van der Waals surface area contributed by atoms with Gasteiger partial charge in [0.1, 0.15) is 0 Å². The summed E-state index contributed by atoms with van der Waals surface area (Å²) in [5, 5.41) is 0. The molecule has 0 aromatic heterocycles.